The number of cyclic esters (lactones) is 2. The number of carbonyl (C=O) groups is 2. The number of hydrogen-bond acceptors (Lipinski definition) is 28. The molecule has 626 valence electrons. The van der Waals surface area contributed by atoms with Crippen molar-refractivity contribution >= 4 is 11.9 Å². The third-order valence-corrected chi connectivity index (χ3v) is 24.3. The first-order valence-electron chi connectivity index (χ1n) is 39.0. The number of hydrogen-bond donors (Lipinski definition) is 11. The highest BCUT2D eigenvalue weighted by molar-refractivity contribution is 5.73. The van der Waals surface area contributed by atoms with E-state index in [4.69, 9.17) is 56.8 Å². The Morgan fingerprint density at radius 3 is 1.24 bits per heavy atom. The number of esters is 2. The second-order valence-corrected chi connectivity index (χ2v) is 34.4. The summed E-state index contributed by atoms with van der Waals surface area (Å²) in [7, 11) is 10.6. The first-order valence-corrected chi connectivity index (χ1v) is 39.0. The van der Waals surface area contributed by atoms with Gasteiger partial charge in [-0.25, -0.2) is 0 Å². The molecule has 0 bridgehead atoms. The zero-order valence-electron chi connectivity index (χ0n) is 68.8. The normalized spacial score (nSPS) is 48.6. The fourth-order valence-electron chi connectivity index (χ4n) is 17.5. The van der Waals surface area contributed by atoms with Crippen LogP contribution < -0.4 is 5.32 Å². The van der Waals surface area contributed by atoms with Crippen LogP contribution in [-0.2, 0) is 66.4 Å². The summed E-state index contributed by atoms with van der Waals surface area (Å²) >= 11 is 0. The number of nitrogens with one attached hydrogen (secondary N) is 1. The summed E-state index contributed by atoms with van der Waals surface area (Å²) in [4.78, 5) is 34.4. The molecular formula is C78H150N4O24. The number of likely N-dealkylation sites (N-methyl/N-ethyl adjacent to an activating group) is 2. The minimum Gasteiger partial charge on any atom is -0.459 e. The number of methoxy groups -OCH3 is 2. The number of carbonyl (C=O) groups excluding carboxylic acids is 2. The number of nitrogens with zero attached hydrogens (tertiary/aromatic N) is 3. The molecule has 0 aromatic carbocycles. The maximum atomic E-state index is 14.3. The standard InChI is InChI=1S/C40H76N2O12.C37H70N2O12.CH4/c1-15-17-42-21-22(3)33(44)40(11,48)29(16-2)52-36(46)26(7)32(53-30-20-39(10,49-14)34(45)27(8)51-30)25(6)35(38(9,47)19-23(42)4)54-37-31(43)28(41(12)13)18-24(5)50-37;1-14-26-37(10,45)30(41)19(2)18-38-20(3)16-35(8,44)32(51-34-28(40)25(39(11)12)15-21(4)47-34)22(5)29(23(6)33(43)49-26)50-27-17-36(9,46-13)31(42)24(7)48-27;/h22-35,37,43-45,47-48H,15-21H2,1-14H3;19-32,34,38,40-42,44-45H,14-18H2,1-13H3;1H4/t22-,23+,24+,25-,26+,27-,28-,29+,30-,31+,32-,33+,34-,35+,37-,38-,39+,40-;19-,20+,21+,22-,23+,24-,25-,26+,27-,28+,29-,30+,31-,32+,34-,35-,36+,37-;/m00./s1. The number of aliphatic hydroxyl groups is 10. The highest BCUT2D eigenvalue weighted by Crippen LogP contribution is 2.44. The van der Waals surface area contributed by atoms with Gasteiger partial charge in [0.25, 0.3) is 0 Å². The topological polar surface area (TPSA) is 369 Å². The van der Waals surface area contributed by atoms with Crippen LogP contribution in [0.4, 0.5) is 0 Å². The predicted molar refractivity (Wildman–Crippen MR) is 400 cm³/mol. The van der Waals surface area contributed by atoms with Gasteiger partial charge in [0.1, 0.15) is 47.8 Å². The summed E-state index contributed by atoms with van der Waals surface area (Å²) in [6.07, 6.45) is -15.6. The Balaban J connectivity index is 0.000000445. The van der Waals surface area contributed by atoms with Gasteiger partial charge in [-0.1, -0.05) is 55.9 Å². The zero-order valence-corrected chi connectivity index (χ0v) is 68.8. The van der Waals surface area contributed by atoms with Crippen LogP contribution >= 0.6 is 0 Å². The van der Waals surface area contributed by atoms with Crippen LogP contribution in [0.3, 0.4) is 0 Å². The van der Waals surface area contributed by atoms with Crippen LogP contribution in [-0.4, -0.2) is 320 Å². The molecular weight excluding hydrogens is 1380 g/mol. The Morgan fingerprint density at radius 1 is 0.519 bits per heavy atom. The summed E-state index contributed by atoms with van der Waals surface area (Å²) < 4.78 is 75.1. The van der Waals surface area contributed by atoms with Crippen molar-refractivity contribution < 1.29 is 117 Å². The fraction of sp³-hybridized carbons (Fsp3) is 0.974. The van der Waals surface area contributed by atoms with E-state index < -0.39 is 192 Å². The van der Waals surface area contributed by atoms with Gasteiger partial charge in [0, 0.05) is 76.2 Å². The van der Waals surface area contributed by atoms with Gasteiger partial charge in [0.05, 0.1) is 95.3 Å². The smallest absolute Gasteiger partial charge is 0.311 e. The predicted octanol–water partition coefficient (Wildman–Crippen LogP) is 4.88. The summed E-state index contributed by atoms with van der Waals surface area (Å²) in [5.74, 6) is -5.77. The van der Waals surface area contributed by atoms with Crippen LogP contribution in [0.5, 0.6) is 0 Å². The Kier molecular flexibility index (Phi) is 36.2. The van der Waals surface area contributed by atoms with Crippen LogP contribution in [0, 0.1) is 35.5 Å². The van der Waals surface area contributed by atoms with Crippen LogP contribution in [0.25, 0.3) is 0 Å². The Morgan fingerprint density at radius 2 is 0.887 bits per heavy atom. The minimum atomic E-state index is -1.78. The summed E-state index contributed by atoms with van der Waals surface area (Å²) in [6.45, 7) is 38.6. The average Bonchev–Trinajstić information content (AvgIpc) is 1.09. The molecule has 0 aliphatic carbocycles. The SMILES string of the molecule is C.CCCN1C[C@H](C)[C@@H](O)[C@@](C)(O)[C@@H](CC)OC(=O)[C@H](C)[C@@H](O[C@H]2C[C@@](C)(OC)[C@@H](O)[C@H](C)O2)[C@H](C)[C@@H](O[C@@H]2O[C@H](C)C[C@H](N(C)C)[C@H]2O)[C@@](C)(O)C[C@H]1C.CC[C@H]1OC(=O)[C@H](C)[C@@H](O[C@H]2C[C@@](C)(OC)[C@@H](O)[C@H](C)O2)[C@H](C)[C@@H](O[C@@H]2O[C@H](C)C[C@H](N(C)C)[C@H]2O)[C@@](C)(O)C[C@@H](C)NC[C@H](C)[C@@H](O)[C@@]1(C)O. The van der Waals surface area contributed by atoms with Gasteiger partial charge in [0.2, 0.25) is 0 Å². The molecule has 6 rings (SSSR count). The van der Waals surface area contributed by atoms with Gasteiger partial charge < -0.3 is 128 Å². The van der Waals surface area contributed by atoms with Gasteiger partial charge >= 0.3 is 11.9 Å². The summed E-state index contributed by atoms with van der Waals surface area (Å²) in [6, 6.07) is -1.07. The van der Waals surface area contributed by atoms with Crippen molar-refractivity contribution in [2.45, 2.75) is 391 Å². The third-order valence-electron chi connectivity index (χ3n) is 24.3. The van der Waals surface area contributed by atoms with E-state index in [-0.39, 0.29) is 82.3 Å². The molecule has 106 heavy (non-hydrogen) atoms. The quantitative estimate of drug-likeness (QED) is 0.0918. The second kappa shape index (κ2) is 39.8. The Bertz CT molecular complexity index is 2630. The highest BCUT2D eigenvalue weighted by atomic mass is 16.7. The molecule has 0 aromatic rings. The lowest BCUT2D eigenvalue weighted by atomic mass is 9.78. The maximum absolute atomic E-state index is 14.3. The molecule has 6 fully saturated rings. The number of ether oxygens (including phenoxy) is 12. The molecule has 6 aliphatic rings. The molecule has 0 unspecified atom stereocenters. The molecule has 6 saturated heterocycles. The van der Waals surface area contributed by atoms with E-state index >= 15 is 0 Å². The fourth-order valence-corrected chi connectivity index (χ4v) is 17.5. The monoisotopic (exact) mass is 1530 g/mol. The van der Waals surface area contributed by atoms with Crippen molar-refractivity contribution in [3.63, 3.8) is 0 Å². The molecule has 0 aromatic heterocycles. The molecule has 0 amide bonds. The van der Waals surface area contributed by atoms with E-state index in [2.05, 4.69) is 17.1 Å². The Labute approximate surface area is 635 Å². The third kappa shape index (κ3) is 23.1. The lowest BCUT2D eigenvalue weighted by Crippen LogP contribution is -2.61. The highest BCUT2D eigenvalue weighted by Gasteiger charge is 2.56. The molecule has 36 atom stereocenters. The lowest BCUT2D eigenvalue weighted by Gasteiger charge is -2.49. The van der Waals surface area contributed by atoms with Crippen molar-refractivity contribution in [2.24, 2.45) is 35.5 Å². The van der Waals surface area contributed by atoms with Crippen molar-refractivity contribution in [2.75, 3.05) is 62.0 Å². The summed E-state index contributed by atoms with van der Waals surface area (Å²) in [5, 5.41) is 120. The number of aliphatic hydroxyl groups excluding tert-OH is 6. The van der Waals surface area contributed by atoms with Gasteiger partial charge in [-0.2, -0.15) is 0 Å². The molecule has 6 aliphatic heterocycles. The second-order valence-electron chi connectivity index (χ2n) is 34.4. The van der Waals surface area contributed by atoms with Crippen LogP contribution in [0.2, 0.25) is 0 Å². The minimum absolute atomic E-state index is 0. The van der Waals surface area contributed by atoms with E-state index in [1.165, 1.54) is 28.1 Å². The maximum Gasteiger partial charge on any atom is 0.311 e. The molecule has 0 saturated carbocycles. The average molecular weight is 1530 g/mol. The zero-order chi connectivity index (χ0) is 79.9. The molecule has 6 heterocycles. The van der Waals surface area contributed by atoms with Crippen molar-refractivity contribution in [3.8, 4) is 0 Å². The van der Waals surface area contributed by atoms with Gasteiger partial charge in [-0.15, -0.1) is 0 Å². The van der Waals surface area contributed by atoms with Gasteiger partial charge in [-0.3, -0.25) is 9.59 Å². The van der Waals surface area contributed by atoms with Crippen molar-refractivity contribution in [3.05, 3.63) is 0 Å². The molecule has 28 nitrogen and oxygen atoms in total. The van der Waals surface area contributed by atoms with Gasteiger partial charge in [0.15, 0.2) is 25.2 Å². The molecule has 11 N–H and O–H groups in total. The van der Waals surface area contributed by atoms with Crippen molar-refractivity contribution in [1.82, 2.24) is 20.0 Å². The van der Waals surface area contributed by atoms with Crippen molar-refractivity contribution in [1.29, 1.82) is 0 Å². The van der Waals surface area contributed by atoms with Gasteiger partial charge in [-0.05, 0) is 188 Å². The molecule has 0 spiro atoms. The summed E-state index contributed by atoms with van der Waals surface area (Å²) in [5.41, 5.74) is -8.76. The first-order chi connectivity index (χ1) is 48.4. The van der Waals surface area contributed by atoms with Crippen LogP contribution in [0.1, 0.15) is 211 Å². The van der Waals surface area contributed by atoms with E-state index in [0.29, 0.717) is 32.5 Å². The largest absolute Gasteiger partial charge is 0.459 e. The van der Waals surface area contributed by atoms with E-state index in [1.54, 1.807) is 76.2 Å². The van der Waals surface area contributed by atoms with E-state index in [0.717, 1.165) is 6.42 Å². The molecule has 28 heteroatoms. The van der Waals surface area contributed by atoms with Crippen LogP contribution in [0.15, 0.2) is 0 Å². The Hall–Kier alpha value is -2.02. The molecule has 0 radical (unpaired) electrons. The number of rotatable bonds is 16. The van der Waals surface area contributed by atoms with E-state index in [1.807, 2.05) is 86.5 Å². The van der Waals surface area contributed by atoms with E-state index in [9.17, 15) is 60.7 Å². The lowest BCUT2D eigenvalue weighted by molar-refractivity contribution is -0.318. The first kappa shape index (κ1) is 96.3.